The van der Waals surface area contributed by atoms with Gasteiger partial charge in [0.2, 0.25) is 0 Å². The lowest BCUT2D eigenvalue weighted by molar-refractivity contribution is -0.213. The highest BCUT2D eigenvalue weighted by atomic mass is 16.7. The number of rotatable bonds is 3. The summed E-state index contributed by atoms with van der Waals surface area (Å²) in [5.74, 6) is 4.16. The number of aliphatic hydroxyl groups is 3. The van der Waals surface area contributed by atoms with Gasteiger partial charge in [-0.3, -0.25) is 14.4 Å². The van der Waals surface area contributed by atoms with Gasteiger partial charge in [0.1, 0.15) is 17.3 Å². The molecule has 0 aromatic carbocycles. The second-order valence-electron chi connectivity index (χ2n) is 30.3. The highest BCUT2D eigenvalue weighted by Gasteiger charge is 2.68. The van der Waals surface area contributed by atoms with Gasteiger partial charge in [0.25, 0.3) is 0 Å². The minimum absolute atomic E-state index is 0.0134. The summed E-state index contributed by atoms with van der Waals surface area (Å²) in [5, 5.41) is 31.7. The molecule has 3 N–H and O–H groups in total. The van der Waals surface area contributed by atoms with Crippen LogP contribution in [0.2, 0.25) is 0 Å². The molecule has 0 spiro atoms. The van der Waals surface area contributed by atoms with E-state index in [1.807, 2.05) is 0 Å². The normalized spacial score (nSPS) is 53.3. The molecule has 8 saturated carbocycles. The molecule has 14 aliphatic rings. The van der Waals surface area contributed by atoms with E-state index in [-0.39, 0.29) is 67.9 Å². The number of Topliss-reactive ketones (excluding diaryl/α,β-unsaturated/α-hetero) is 3. The minimum Gasteiger partial charge on any atom is -0.393 e. The standard InChI is InChI=1S/C24H34O3.C23H34O4.C21H32O3/c1-15-9-10-22(2)16(13-15)5-6-17-18-7-8-20(24(4)26-11-12-27-24)23(18,3)14-19(25)21(17)22;1-21-9-8-15(24)12-14(21)4-5-16-17-6-7-19(23(3)26-10-11-27-23)22(17,2)13-18(25)20(16)21;1-12(22)16-6-7-17-15-5-4-13-10-14(23)8-9-20(13,2)19(15)18(24)11-21(16,17)3/h5,13,17-18,20-21H,6-12,14H2,1-4H3;4,15-17,19-20,24H,5-13H2,1-3H3;4,14-19,23-24H,5-11H2,1-3H3/t17?,18?,20-,21?,22-,23-;15-,16?,17?,19-,20?,21-,22-;14-,15?,16+,17?,18-,19?,20-,21+/m000/s1/i;15D;14D. The Hall–Kier alpha value is -2.31. The summed E-state index contributed by atoms with van der Waals surface area (Å²) in [5.41, 5.74) is 4.87. The van der Waals surface area contributed by atoms with E-state index in [1.54, 1.807) is 6.92 Å². The molecule has 9 unspecified atom stereocenters. The molecule has 2 saturated heterocycles. The van der Waals surface area contributed by atoms with E-state index in [1.165, 1.54) is 23.1 Å². The predicted octanol–water partition coefficient (Wildman–Crippen LogP) is 12.4. The Morgan fingerprint density at radius 1 is 0.577 bits per heavy atom. The van der Waals surface area contributed by atoms with Crippen molar-refractivity contribution in [1.29, 1.82) is 0 Å². The summed E-state index contributed by atoms with van der Waals surface area (Å²) < 4.78 is 40.4. The molecule has 0 aromatic heterocycles. The Labute approximate surface area is 470 Å². The van der Waals surface area contributed by atoms with Gasteiger partial charge < -0.3 is 34.3 Å². The van der Waals surface area contributed by atoms with E-state index in [2.05, 4.69) is 86.6 Å². The molecule has 10 fully saturated rings. The number of ketones is 3. The molecular weight excluding hydrogens is 977 g/mol. The van der Waals surface area contributed by atoms with E-state index >= 15 is 0 Å². The highest BCUT2D eigenvalue weighted by Crippen LogP contribution is 2.70. The number of carbonyl (C=O) groups excluding carboxylic acids is 3. The molecule has 10 heteroatoms. The third-order valence-electron chi connectivity index (χ3n) is 26.7. The second-order valence-corrected chi connectivity index (χ2v) is 30.3. The van der Waals surface area contributed by atoms with Crippen LogP contribution < -0.4 is 0 Å². The van der Waals surface area contributed by atoms with Crippen molar-refractivity contribution in [3.8, 4) is 0 Å². The lowest BCUT2D eigenvalue weighted by atomic mass is 9.46. The van der Waals surface area contributed by atoms with Crippen LogP contribution in [0.5, 0.6) is 0 Å². The maximum absolute atomic E-state index is 13.7. The van der Waals surface area contributed by atoms with E-state index in [9.17, 15) is 29.7 Å². The maximum Gasteiger partial charge on any atom is 0.169 e. The Kier molecular flexibility index (Phi) is 13.5. The van der Waals surface area contributed by atoms with Gasteiger partial charge >= 0.3 is 0 Å². The van der Waals surface area contributed by atoms with Gasteiger partial charge in [-0.2, -0.15) is 0 Å². The zero-order valence-corrected chi connectivity index (χ0v) is 49.5. The first-order valence-corrected chi connectivity index (χ1v) is 31.5. The first kappa shape index (κ1) is 53.7. The summed E-state index contributed by atoms with van der Waals surface area (Å²) in [6, 6.07) is 0. The Balaban J connectivity index is 0.000000120. The van der Waals surface area contributed by atoms with Crippen molar-refractivity contribution >= 4 is 17.3 Å². The fourth-order valence-electron chi connectivity index (χ4n) is 23.1. The monoisotopic (exact) mass is 1080 g/mol. The molecule has 2 heterocycles. The fourth-order valence-corrected chi connectivity index (χ4v) is 23.1. The van der Waals surface area contributed by atoms with Crippen LogP contribution in [-0.2, 0) is 33.3 Å². The average molecular weight is 1080 g/mol. The molecule has 21 atom stereocenters. The third-order valence-corrected chi connectivity index (χ3v) is 26.7. The summed E-state index contributed by atoms with van der Waals surface area (Å²) >= 11 is 0. The SMILES string of the molecule is CC1=CC2=CCC3C(C(=O)C[C@@]4(C)C3CC[C@@H]4C3(C)OCCO3)[C@@]2(C)CC1.[2H][C@]1(O)CC[C@@]2(C)C(=CCC3C2C(=O)C[C@@]2(C)C3CC[C@@H]2C2(C)OCCO2)C1.[2H][C@]1(O)CC[C@@]2(C)C(=CCC3C2[C@@H](O)C[C@@]2(C)C3CC[C@@H]2C(C)=O)C1. The van der Waals surface area contributed by atoms with E-state index < -0.39 is 29.8 Å². The van der Waals surface area contributed by atoms with Gasteiger partial charge in [0.15, 0.2) is 11.6 Å². The van der Waals surface area contributed by atoms with Crippen molar-refractivity contribution in [3.05, 3.63) is 46.6 Å². The Morgan fingerprint density at radius 2 is 1.04 bits per heavy atom. The fraction of sp³-hybridized carbons (Fsp3) is 0.838. The smallest absolute Gasteiger partial charge is 0.169 e. The van der Waals surface area contributed by atoms with Crippen LogP contribution in [0.25, 0.3) is 0 Å². The van der Waals surface area contributed by atoms with Crippen molar-refractivity contribution < 1.29 is 51.4 Å². The van der Waals surface area contributed by atoms with Crippen molar-refractivity contribution in [2.24, 2.45) is 104 Å². The molecule has 0 aromatic rings. The zero-order chi connectivity index (χ0) is 57.2. The first-order valence-electron chi connectivity index (χ1n) is 32.5. The topological polar surface area (TPSA) is 149 Å². The predicted molar refractivity (Wildman–Crippen MR) is 300 cm³/mol. The molecule has 10 nitrogen and oxygen atoms in total. The number of hydrogen-bond acceptors (Lipinski definition) is 10. The maximum atomic E-state index is 13.7. The number of allylic oxidation sites excluding steroid dienone is 6. The number of hydrogen-bond donors (Lipinski definition) is 3. The van der Waals surface area contributed by atoms with Gasteiger partial charge in [-0.15, -0.1) is 0 Å². The quantitative estimate of drug-likeness (QED) is 0.233. The van der Waals surface area contributed by atoms with Gasteiger partial charge in [0, 0.05) is 47.8 Å². The lowest BCUT2D eigenvalue weighted by Crippen LogP contribution is -2.56. The third kappa shape index (κ3) is 8.45. The van der Waals surface area contributed by atoms with Crippen molar-refractivity contribution in [2.45, 2.75) is 227 Å². The molecule has 78 heavy (non-hydrogen) atoms. The zero-order valence-electron chi connectivity index (χ0n) is 51.5. The molecule has 0 radical (unpaired) electrons. The lowest BCUT2D eigenvalue weighted by Gasteiger charge is -2.59. The Morgan fingerprint density at radius 3 is 1.58 bits per heavy atom. The summed E-state index contributed by atoms with van der Waals surface area (Å²) in [6.45, 7) is 24.6. The van der Waals surface area contributed by atoms with Gasteiger partial charge in [0.05, 0.1) is 47.4 Å². The van der Waals surface area contributed by atoms with E-state index in [0.29, 0.717) is 118 Å². The largest absolute Gasteiger partial charge is 0.393 e. The Bertz CT molecular complexity index is 2640. The van der Waals surface area contributed by atoms with Crippen LogP contribution in [0.15, 0.2) is 46.6 Å². The summed E-state index contributed by atoms with van der Waals surface area (Å²) in [7, 11) is 0. The average Bonchev–Trinajstić information content (AvgIpc) is 4.22. The van der Waals surface area contributed by atoms with Gasteiger partial charge in [-0.05, 0) is 217 Å². The number of fused-ring (bicyclic) bond motifs is 15. The van der Waals surface area contributed by atoms with Crippen molar-refractivity contribution in [1.82, 2.24) is 0 Å². The summed E-state index contributed by atoms with van der Waals surface area (Å²) in [6.07, 6.45) is 23.3. The molecule has 0 bridgehead atoms. The molecule has 0 amide bonds. The van der Waals surface area contributed by atoms with E-state index in [0.717, 1.165) is 89.0 Å². The minimum atomic E-state index is -1.37. The number of carbonyl (C=O) groups is 3. The molecular formula is C68H100O10. The number of ether oxygens (including phenoxy) is 4. The van der Waals surface area contributed by atoms with Gasteiger partial charge in [-0.25, -0.2) is 0 Å². The molecule has 432 valence electrons. The van der Waals surface area contributed by atoms with Crippen LogP contribution in [-0.4, -0.2) is 88.9 Å². The van der Waals surface area contributed by atoms with Crippen LogP contribution >= 0.6 is 0 Å². The van der Waals surface area contributed by atoms with E-state index in [4.69, 9.17) is 21.7 Å². The summed E-state index contributed by atoms with van der Waals surface area (Å²) in [4.78, 5) is 39.5. The molecule has 2 aliphatic heterocycles. The van der Waals surface area contributed by atoms with Crippen LogP contribution in [0.3, 0.4) is 0 Å². The molecule has 14 rings (SSSR count). The highest BCUT2D eigenvalue weighted by molar-refractivity contribution is 5.86. The van der Waals surface area contributed by atoms with Crippen molar-refractivity contribution in [2.75, 3.05) is 26.4 Å². The van der Waals surface area contributed by atoms with Crippen molar-refractivity contribution in [3.63, 3.8) is 0 Å². The van der Waals surface area contributed by atoms with Crippen LogP contribution in [0.1, 0.15) is 200 Å². The van der Waals surface area contributed by atoms with Crippen LogP contribution in [0.4, 0.5) is 0 Å². The number of aliphatic hydroxyl groups excluding tert-OH is 1. The first-order chi connectivity index (χ1) is 37.5. The van der Waals surface area contributed by atoms with Gasteiger partial charge in [-0.1, -0.05) is 82.6 Å². The van der Waals surface area contributed by atoms with Crippen LogP contribution in [0, 0.1) is 104 Å². The molecule has 12 aliphatic carbocycles. The second kappa shape index (κ2) is 19.6.